The molecule has 1 N–H and O–H groups in total. The molecule has 1 amide bonds. The molecule has 4 rings (SSSR count). The molecular weight excluding hydrogens is 356 g/mol. The molecule has 1 heterocycles. The van der Waals surface area contributed by atoms with Crippen LogP contribution in [0.3, 0.4) is 0 Å². The second-order valence-corrected chi connectivity index (χ2v) is 7.25. The largest absolute Gasteiger partial charge is 0.484 e. The number of hydrogen-bond acceptors (Lipinski definition) is 4. The molecule has 0 fully saturated rings. The number of nitrogens with zero attached hydrogens (tertiary/aromatic N) is 1. The zero-order valence-electron chi connectivity index (χ0n) is 14.8. The molecule has 0 aliphatic heterocycles. The van der Waals surface area contributed by atoms with Gasteiger partial charge in [0.05, 0.1) is 10.2 Å². The standard InChI is InChI=1S/C22H18N2O2S/c1-15-6-4-9-18(12-15)26-14-21(25)23-17-8-5-7-16(13-17)22-24-19-10-2-3-11-20(19)27-22/h2-13H,14H2,1H3,(H,23,25). The van der Waals surface area contributed by atoms with Crippen LogP contribution in [0.15, 0.2) is 72.8 Å². The van der Waals surface area contributed by atoms with Crippen molar-refractivity contribution >= 4 is 33.1 Å². The van der Waals surface area contributed by atoms with Crippen LogP contribution in [0.4, 0.5) is 5.69 Å². The van der Waals surface area contributed by atoms with Gasteiger partial charge in [0.15, 0.2) is 6.61 Å². The Labute approximate surface area is 161 Å². The minimum Gasteiger partial charge on any atom is -0.484 e. The zero-order chi connectivity index (χ0) is 18.6. The highest BCUT2D eigenvalue weighted by molar-refractivity contribution is 7.21. The maximum absolute atomic E-state index is 12.2. The lowest BCUT2D eigenvalue weighted by Gasteiger charge is -2.08. The lowest BCUT2D eigenvalue weighted by molar-refractivity contribution is -0.118. The average Bonchev–Trinajstić information content (AvgIpc) is 3.11. The van der Waals surface area contributed by atoms with Crippen LogP contribution in [0.1, 0.15) is 5.56 Å². The van der Waals surface area contributed by atoms with Gasteiger partial charge >= 0.3 is 0 Å². The van der Waals surface area contributed by atoms with Gasteiger partial charge in [-0.05, 0) is 48.9 Å². The third kappa shape index (κ3) is 4.15. The molecule has 0 spiro atoms. The molecule has 0 atom stereocenters. The Bertz CT molecular complexity index is 1070. The molecule has 0 aliphatic rings. The van der Waals surface area contributed by atoms with Crippen LogP contribution in [0, 0.1) is 6.92 Å². The van der Waals surface area contributed by atoms with Gasteiger partial charge in [0.1, 0.15) is 10.8 Å². The van der Waals surface area contributed by atoms with Gasteiger partial charge in [0, 0.05) is 11.3 Å². The summed E-state index contributed by atoms with van der Waals surface area (Å²) in [6.07, 6.45) is 0. The minimum atomic E-state index is -0.196. The summed E-state index contributed by atoms with van der Waals surface area (Å²) >= 11 is 1.64. The average molecular weight is 374 g/mol. The summed E-state index contributed by atoms with van der Waals surface area (Å²) in [6, 6.07) is 23.4. The fourth-order valence-electron chi connectivity index (χ4n) is 2.78. The van der Waals surface area contributed by atoms with E-state index >= 15 is 0 Å². The molecule has 3 aromatic carbocycles. The first kappa shape index (κ1) is 17.2. The number of rotatable bonds is 5. The van der Waals surface area contributed by atoms with Gasteiger partial charge in [0.2, 0.25) is 0 Å². The van der Waals surface area contributed by atoms with E-state index in [1.165, 1.54) is 0 Å². The number of amides is 1. The van der Waals surface area contributed by atoms with Crippen molar-refractivity contribution in [2.75, 3.05) is 11.9 Å². The normalized spacial score (nSPS) is 10.7. The number of carbonyl (C=O) groups is 1. The predicted molar refractivity (Wildman–Crippen MR) is 110 cm³/mol. The lowest BCUT2D eigenvalue weighted by atomic mass is 10.2. The van der Waals surface area contributed by atoms with Crippen molar-refractivity contribution in [1.29, 1.82) is 0 Å². The number of carbonyl (C=O) groups excluding carboxylic acids is 1. The molecule has 0 saturated heterocycles. The van der Waals surface area contributed by atoms with Crippen molar-refractivity contribution in [1.82, 2.24) is 4.98 Å². The van der Waals surface area contributed by atoms with Crippen molar-refractivity contribution in [2.24, 2.45) is 0 Å². The number of ether oxygens (including phenoxy) is 1. The van der Waals surface area contributed by atoms with Crippen LogP contribution in [0.2, 0.25) is 0 Å². The van der Waals surface area contributed by atoms with Crippen LogP contribution in [0.5, 0.6) is 5.75 Å². The summed E-state index contributed by atoms with van der Waals surface area (Å²) in [5.74, 6) is 0.492. The number of hydrogen-bond donors (Lipinski definition) is 1. The summed E-state index contributed by atoms with van der Waals surface area (Å²) in [5.41, 5.74) is 3.79. The monoisotopic (exact) mass is 374 g/mol. The van der Waals surface area contributed by atoms with Crippen molar-refractivity contribution < 1.29 is 9.53 Å². The quantitative estimate of drug-likeness (QED) is 0.516. The Kier molecular flexibility index (Phi) is 4.85. The Morgan fingerprint density at radius 3 is 2.74 bits per heavy atom. The van der Waals surface area contributed by atoms with Crippen LogP contribution < -0.4 is 10.1 Å². The molecule has 0 bridgehead atoms. The first-order valence-corrected chi connectivity index (χ1v) is 9.44. The third-order valence-electron chi connectivity index (χ3n) is 4.05. The molecular formula is C22H18N2O2S. The predicted octanol–water partition coefficient (Wildman–Crippen LogP) is 5.29. The summed E-state index contributed by atoms with van der Waals surface area (Å²) in [6.45, 7) is 1.95. The van der Waals surface area contributed by atoms with E-state index in [0.717, 1.165) is 32.0 Å². The van der Waals surface area contributed by atoms with Gasteiger partial charge in [-0.15, -0.1) is 11.3 Å². The maximum Gasteiger partial charge on any atom is 0.262 e. The number of fused-ring (bicyclic) bond motifs is 1. The highest BCUT2D eigenvalue weighted by atomic mass is 32.1. The van der Waals surface area contributed by atoms with Crippen molar-refractivity contribution in [3.63, 3.8) is 0 Å². The highest BCUT2D eigenvalue weighted by Crippen LogP contribution is 2.31. The van der Waals surface area contributed by atoms with Gasteiger partial charge in [-0.3, -0.25) is 4.79 Å². The van der Waals surface area contributed by atoms with E-state index in [1.807, 2.05) is 73.7 Å². The fourth-order valence-corrected chi connectivity index (χ4v) is 3.74. The smallest absolute Gasteiger partial charge is 0.262 e. The molecule has 1 aromatic heterocycles. The Hall–Kier alpha value is -3.18. The Balaban J connectivity index is 1.45. The van der Waals surface area contributed by atoms with Gasteiger partial charge in [-0.25, -0.2) is 4.98 Å². The first-order chi connectivity index (χ1) is 13.2. The van der Waals surface area contributed by atoms with E-state index in [4.69, 9.17) is 4.74 Å². The van der Waals surface area contributed by atoms with E-state index in [-0.39, 0.29) is 12.5 Å². The summed E-state index contributed by atoms with van der Waals surface area (Å²) in [7, 11) is 0. The van der Waals surface area contributed by atoms with Gasteiger partial charge in [-0.2, -0.15) is 0 Å². The topological polar surface area (TPSA) is 51.2 Å². The molecule has 0 radical (unpaired) electrons. The Morgan fingerprint density at radius 1 is 1.04 bits per heavy atom. The summed E-state index contributed by atoms with van der Waals surface area (Å²) in [5, 5.41) is 3.82. The molecule has 4 aromatic rings. The highest BCUT2D eigenvalue weighted by Gasteiger charge is 2.08. The number of anilines is 1. The molecule has 4 nitrogen and oxygen atoms in total. The summed E-state index contributed by atoms with van der Waals surface area (Å²) in [4.78, 5) is 16.9. The third-order valence-corrected chi connectivity index (χ3v) is 5.13. The molecule has 0 unspecified atom stereocenters. The minimum absolute atomic E-state index is 0.0329. The number of thiazole rings is 1. The van der Waals surface area contributed by atoms with E-state index in [1.54, 1.807) is 11.3 Å². The molecule has 27 heavy (non-hydrogen) atoms. The number of nitrogens with one attached hydrogen (secondary N) is 1. The van der Waals surface area contributed by atoms with Gasteiger partial charge in [-0.1, -0.05) is 36.4 Å². The number of aromatic nitrogens is 1. The number of aryl methyl sites for hydroxylation is 1. The second kappa shape index (κ2) is 7.60. The molecule has 134 valence electrons. The van der Waals surface area contributed by atoms with Crippen LogP contribution >= 0.6 is 11.3 Å². The van der Waals surface area contributed by atoms with Crippen LogP contribution in [-0.4, -0.2) is 17.5 Å². The van der Waals surface area contributed by atoms with Gasteiger partial charge < -0.3 is 10.1 Å². The van der Waals surface area contributed by atoms with Crippen LogP contribution in [-0.2, 0) is 4.79 Å². The van der Waals surface area contributed by atoms with Crippen molar-refractivity contribution in [2.45, 2.75) is 6.92 Å². The van der Waals surface area contributed by atoms with Crippen molar-refractivity contribution in [3.8, 4) is 16.3 Å². The molecule has 0 saturated carbocycles. The zero-order valence-corrected chi connectivity index (χ0v) is 15.6. The van der Waals surface area contributed by atoms with E-state index in [2.05, 4.69) is 16.4 Å². The maximum atomic E-state index is 12.2. The van der Waals surface area contributed by atoms with Crippen LogP contribution in [0.25, 0.3) is 20.8 Å². The SMILES string of the molecule is Cc1cccc(OCC(=O)Nc2cccc(-c3nc4ccccc4s3)c2)c1. The molecule has 5 heteroatoms. The van der Waals surface area contributed by atoms with E-state index in [0.29, 0.717) is 5.75 Å². The fraction of sp³-hybridized carbons (Fsp3) is 0.0909. The van der Waals surface area contributed by atoms with E-state index < -0.39 is 0 Å². The molecule has 0 aliphatic carbocycles. The van der Waals surface area contributed by atoms with E-state index in [9.17, 15) is 4.79 Å². The Morgan fingerprint density at radius 2 is 1.89 bits per heavy atom. The van der Waals surface area contributed by atoms with Crippen molar-refractivity contribution in [3.05, 3.63) is 78.4 Å². The lowest BCUT2D eigenvalue weighted by Crippen LogP contribution is -2.20. The first-order valence-electron chi connectivity index (χ1n) is 8.63. The second-order valence-electron chi connectivity index (χ2n) is 6.22. The van der Waals surface area contributed by atoms with Gasteiger partial charge in [0.25, 0.3) is 5.91 Å². The number of para-hydroxylation sites is 1. The summed E-state index contributed by atoms with van der Waals surface area (Å²) < 4.78 is 6.70. The number of benzene rings is 3.